The molecule has 2 aromatic carbocycles. The Morgan fingerprint density at radius 3 is 2.45 bits per heavy atom. The van der Waals surface area contributed by atoms with Crippen LogP contribution in [0.3, 0.4) is 0 Å². The van der Waals surface area contributed by atoms with Gasteiger partial charge in [0.25, 0.3) is 10.0 Å². The highest BCUT2D eigenvalue weighted by molar-refractivity contribution is 7.89. The normalized spacial score (nSPS) is 19.5. The molecule has 0 bridgehead atoms. The Morgan fingerprint density at radius 2 is 1.76 bits per heavy atom. The Morgan fingerprint density at radius 1 is 1.03 bits per heavy atom. The fourth-order valence-electron chi connectivity index (χ4n) is 4.30. The van der Waals surface area contributed by atoms with Crippen molar-refractivity contribution in [2.45, 2.75) is 51.7 Å². The van der Waals surface area contributed by atoms with Crippen LogP contribution >= 0.6 is 0 Å². The second-order valence-corrected chi connectivity index (χ2v) is 11.4. The number of rotatable bonds is 6. The third kappa shape index (κ3) is 4.68. The molecule has 6 heteroatoms. The van der Waals surface area contributed by atoms with Crippen LogP contribution in [-0.2, 0) is 14.8 Å². The average Bonchev–Trinajstić information content (AvgIpc) is 2.81. The molecule has 2 heterocycles. The van der Waals surface area contributed by atoms with Crippen LogP contribution in [0.1, 0.15) is 46.1 Å². The van der Waals surface area contributed by atoms with Gasteiger partial charge in [0.05, 0.1) is 11.2 Å². The third-order valence-electron chi connectivity index (χ3n) is 6.14. The van der Waals surface area contributed by atoms with E-state index < -0.39 is 16.3 Å². The van der Waals surface area contributed by atoms with E-state index in [4.69, 9.17) is 4.74 Å². The number of aromatic nitrogens is 1. The largest absolute Gasteiger partial charge is 0.357 e. The number of benzene rings is 2. The Bertz CT molecular complexity index is 1240. The Balaban J connectivity index is 1.94. The lowest BCUT2D eigenvalue weighted by Gasteiger charge is -2.43. The molecule has 0 aliphatic carbocycles. The van der Waals surface area contributed by atoms with Gasteiger partial charge in [-0.3, -0.25) is 4.98 Å². The minimum absolute atomic E-state index is 0.0370. The first-order chi connectivity index (χ1) is 15.7. The molecule has 3 aromatic rings. The molecule has 4 rings (SSSR count). The van der Waals surface area contributed by atoms with Crippen LogP contribution in [0, 0.1) is 11.3 Å². The lowest BCUT2D eigenvalue weighted by Crippen LogP contribution is -2.46. The second kappa shape index (κ2) is 9.27. The number of sulfonamides is 1. The average molecular weight is 465 g/mol. The molecular formula is C27H32N2O3S. The maximum Gasteiger partial charge on any atom is 0.268 e. The topological polar surface area (TPSA) is 59.5 Å². The van der Waals surface area contributed by atoms with Crippen molar-refractivity contribution in [3.63, 3.8) is 0 Å². The van der Waals surface area contributed by atoms with Crippen LogP contribution in [0.15, 0.2) is 77.8 Å². The molecule has 0 N–H and O–H groups in total. The fraction of sp³-hybridized carbons (Fsp3) is 0.370. The molecule has 1 aromatic heterocycles. The number of para-hydroxylation sites is 1. The number of allylic oxidation sites excluding steroid dienone is 1. The van der Waals surface area contributed by atoms with Crippen molar-refractivity contribution in [1.82, 2.24) is 9.29 Å². The summed E-state index contributed by atoms with van der Waals surface area (Å²) in [5.41, 5.74) is 1.95. The molecular weight excluding hydrogens is 432 g/mol. The van der Waals surface area contributed by atoms with E-state index in [1.165, 1.54) is 4.31 Å². The second-order valence-electron chi connectivity index (χ2n) is 9.58. The van der Waals surface area contributed by atoms with Crippen LogP contribution in [0.4, 0.5) is 0 Å². The Kier molecular flexibility index (Phi) is 6.59. The third-order valence-corrected chi connectivity index (χ3v) is 7.98. The van der Waals surface area contributed by atoms with E-state index in [1.807, 2.05) is 55.5 Å². The minimum atomic E-state index is -3.96. The van der Waals surface area contributed by atoms with Crippen molar-refractivity contribution < 1.29 is 13.2 Å². The van der Waals surface area contributed by atoms with Crippen molar-refractivity contribution in [2.75, 3.05) is 6.61 Å². The van der Waals surface area contributed by atoms with E-state index in [9.17, 15) is 8.42 Å². The molecule has 5 nitrogen and oxygen atoms in total. The van der Waals surface area contributed by atoms with Gasteiger partial charge in [-0.15, -0.1) is 0 Å². The van der Waals surface area contributed by atoms with Gasteiger partial charge in [-0.05, 0) is 35.4 Å². The van der Waals surface area contributed by atoms with E-state index in [0.29, 0.717) is 24.2 Å². The number of ether oxygens (including phenoxy) is 1. The molecule has 0 fully saturated rings. The molecule has 0 amide bonds. The maximum absolute atomic E-state index is 14.3. The van der Waals surface area contributed by atoms with Gasteiger partial charge in [-0.1, -0.05) is 82.3 Å². The van der Waals surface area contributed by atoms with E-state index in [2.05, 4.69) is 31.8 Å². The zero-order valence-electron chi connectivity index (χ0n) is 19.7. The molecule has 174 valence electrons. The lowest BCUT2D eigenvalue weighted by atomic mass is 9.76. The van der Waals surface area contributed by atoms with Crippen molar-refractivity contribution in [1.29, 1.82) is 0 Å². The Labute approximate surface area is 197 Å². The number of hydrogen-bond donors (Lipinski definition) is 0. The van der Waals surface area contributed by atoms with Gasteiger partial charge in [0.2, 0.25) is 0 Å². The summed E-state index contributed by atoms with van der Waals surface area (Å²) in [5.74, 6) is 0.159. The molecule has 1 aliphatic heterocycles. The van der Waals surface area contributed by atoms with Gasteiger partial charge in [-0.25, -0.2) is 12.7 Å². The molecule has 1 aliphatic rings. The molecule has 2 atom stereocenters. The smallest absolute Gasteiger partial charge is 0.268 e. The van der Waals surface area contributed by atoms with Crippen molar-refractivity contribution in [3.05, 3.63) is 78.5 Å². The monoisotopic (exact) mass is 464 g/mol. The number of pyridine rings is 1. The Hall–Kier alpha value is -2.70. The number of nitrogens with zero attached hydrogens (tertiary/aromatic N) is 2. The molecule has 0 spiro atoms. The van der Waals surface area contributed by atoms with Crippen LogP contribution in [0.5, 0.6) is 0 Å². The molecule has 0 unspecified atom stereocenters. The highest BCUT2D eigenvalue weighted by Gasteiger charge is 2.42. The molecule has 0 radical (unpaired) electrons. The first-order valence-electron chi connectivity index (χ1n) is 11.5. The first kappa shape index (κ1) is 23.5. The van der Waals surface area contributed by atoms with E-state index in [-0.39, 0.29) is 16.2 Å². The molecule has 33 heavy (non-hydrogen) atoms. The van der Waals surface area contributed by atoms with Crippen molar-refractivity contribution in [3.8, 4) is 0 Å². The summed E-state index contributed by atoms with van der Waals surface area (Å²) in [6.45, 7) is 9.08. The summed E-state index contributed by atoms with van der Waals surface area (Å²) in [7, 11) is -3.96. The van der Waals surface area contributed by atoms with Crippen molar-refractivity contribution in [2.24, 2.45) is 11.3 Å². The van der Waals surface area contributed by atoms with Gasteiger partial charge in [0.1, 0.15) is 11.1 Å². The summed E-state index contributed by atoms with van der Waals surface area (Å²) in [6.07, 6.45) is 4.55. The highest BCUT2D eigenvalue weighted by Crippen LogP contribution is 2.43. The maximum atomic E-state index is 14.3. The molecule has 0 saturated heterocycles. The fourth-order valence-corrected chi connectivity index (χ4v) is 6.06. The first-order valence-corrected chi connectivity index (χ1v) is 12.9. The summed E-state index contributed by atoms with van der Waals surface area (Å²) in [6, 6.07) is 18.7. The SMILES string of the molecule is CCCO[C@@H]1C[C@H](C(C)(C)C)C=C(c2ccccc2)N1S(=O)(=O)c1cccc2cccnc12. The molecule has 0 saturated carbocycles. The number of hydrogen-bond acceptors (Lipinski definition) is 4. The van der Waals surface area contributed by atoms with E-state index >= 15 is 0 Å². The van der Waals surface area contributed by atoms with Gasteiger partial charge in [0, 0.05) is 24.6 Å². The summed E-state index contributed by atoms with van der Waals surface area (Å²) < 4.78 is 36.3. The van der Waals surface area contributed by atoms with Gasteiger partial charge in [-0.2, -0.15) is 0 Å². The van der Waals surface area contributed by atoms with Crippen LogP contribution in [0.2, 0.25) is 0 Å². The van der Waals surface area contributed by atoms with Crippen LogP contribution in [0.25, 0.3) is 16.6 Å². The zero-order valence-corrected chi connectivity index (χ0v) is 20.5. The number of fused-ring (bicyclic) bond motifs is 1. The zero-order chi connectivity index (χ0) is 23.6. The lowest BCUT2D eigenvalue weighted by molar-refractivity contribution is -0.0251. The van der Waals surface area contributed by atoms with Gasteiger partial charge < -0.3 is 4.74 Å². The summed E-state index contributed by atoms with van der Waals surface area (Å²) >= 11 is 0. The predicted molar refractivity (Wildman–Crippen MR) is 133 cm³/mol. The van der Waals surface area contributed by atoms with Crippen LogP contribution in [-0.4, -0.2) is 30.5 Å². The van der Waals surface area contributed by atoms with Crippen molar-refractivity contribution >= 4 is 26.6 Å². The summed E-state index contributed by atoms with van der Waals surface area (Å²) in [5, 5.41) is 0.791. The van der Waals surface area contributed by atoms with Crippen LogP contribution < -0.4 is 0 Å². The van der Waals surface area contributed by atoms with Gasteiger partial charge >= 0.3 is 0 Å². The predicted octanol–water partition coefficient (Wildman–Crippen LogP) is 6.09. The summed E-state index contributed by atoms with van der Waals surface area (Å²) in [4.78, 5) is 4.61. The standard InChI is InChI=1S/C27H32N2O3S/c1-5-17-32-25-19-22(27(2,3)4)18-23(20-11-7-6-8-12-20)29(25)33(30,31)24-15-9-13-21-14-10-16-28-26(21)24/h6-16,18,22,25H,5,17,19H2,1-4H3/t22-,25-/m1/s1. The highest BCUT2D eigenvalue weighted by atomic mass is 32.2. The quantitative estimate of drug-likeness (QED) is 0.443. The van der Waals surface area contributed by atoms with E-state index in [1.54, 1.807) is 18.3 Å². The van der Waals surface area contributed by atoms with E-state index in [0.717, 1.165) is 17.4 Å². The van der Waals surface area contributed by atoms with Gasteiger partial charge in [0.15, 0.2) is 0 Å². The minimum Gasteiger partial charge on any atom is -0.357 e.